The fourth-order valence-electron chi connectivity index (χ4n) is 1.57. The quantitative estimate of drug-likeness (QED) is 0.866. The molecule has 1 unspecified atom stereocenters. The molecule has 0 spiro atoms. The van der Waals surface area contributed by atoms with E-state index < -0.39 is 40.5 Å². The van der Waals surface area contributed by atoms with Crippen molar-refractivity contribution in [1.82, 2.24) is 4.31 Å². The first-order valence-electron chi connectivity index (χ1n) is 5.86. The number of carboxylic acids is 1. The van der Waals surface area contributed by atoms with Crippen LogP contribution in [-0.4, -0.2) is 41.8 Å². The molecule has 0 aromatic heterocycles. The highest BCUT2D eigenvalue weighted by atomic mass is 32.2. The Kier molecular flexibility index (Phi) is 5.35. The van der Waals surface area contributed by atoms with E-state index in [1.807, 2.05) is 0 Å². The van der Waals surface area contributed by atoms with Crippen molar-refractivity contribution >= 4 is 16.0 Å². The molecular weight excluding hydrogens is 311 g/mol. The molecule has 0 aliphatic heterocycles. The molecule has 0 heterocycles. The van der Waals surface area contributed by atoms with Gasteiger partial charge < -0.3 is 5.11 Å². The molecule has 0 saturated carbocycles. The summed E-state index contributed by atoms with van der Waals surface area (Å²) in [6, 6.07) is 7.66. The van der Waals surface area contributed by atoms with Gasteiger partial charge in [-0.2, -0.15) is 17.5 Å². The van der Waals surface area contributed by atoms with Gasteiger partial charge in [-0.05, 0) is 12.5 Å². The molecule has 0 fully saturated rings. The molecular formula is C12H14F3NO4S. The molecule has 1 aromatic rings. The minimum atomic E-state index is -4.76. The predicted molar refractivity (Wildman–Crippen MR) is 68.9 cm³/mol. The zero-order valence-electron chi connectivity index (χ0n) is 11.0. The van der Waals surface area contributed by atoms with E-state index in [-0.39, 0.29) is 4.31 Å². The third kappa shape index (κ3) is 5.01. The van der Waals surface area contributed by atoms with E-state index in [1.54, 1.807) is 18.2 Å². The number of carboxylic acid groups (broad SMARTS) is 1. The van der Waals surface area contributed by atoms with Crippen molar-refractivity contribution in [1.29, 1.82) is 0 Å². The topological polar surface area (TPSA) is 74.7 Å². The first-order chi connectivity index (χ1) is 9.54. The molecule has 0 aliphatic rings. The highest BCUT2D eigenvalue weighted by molar-refractivity contribution is 7.90. The molecule has 21 heavy (non-hydrogen) atoms. The SMILES string of the molecule is CC(C(=O)O)S(=O)(=O)N(Cc1ccccc1)CC(F)(F)F. The molecule has 1 atom stereocenters. The van der Waals surface area contributed by atoms with Gasteiger partial charge in [-0.3, -0.25) is 4.79 Å². The Labute approximate surface area is 120 Å². The maximum Gasteiger partial charge on any atom is 0.402 e. The minimum absolute atomic E-state index is 0.140. The van der Waals surface area contributed by atoms with Gasteiger partial charge in [-0.25, -0.2) is 8.42 Å². The Bertz CT molecular complexity index is 586. The van der Waals surface area contributed by atoms with Gasteiger partial charge in [0.15, 0.2) is 5.25 Å². The molecule has 1 aromatic carbocycles. The molecule has 118 valence electrons. The van der Waals surface area contributed by atoms with Crippen molar-refractivity contribution in [2.24, 2.45) is 0 Å². The van der Waals surface area contributed by atoms with E-state index in [0.717, 1.165) is 6.92 Å². The van der Waals surface area contributed by atoms with Crippen molar-refractivity contribution in [3.05, 3.63) is 35.9 Å². The molecule has 0 radical (unpaired) electrons. The first-order valence-corrected chi connectivity index (χ1v) is 7.37. The Hall–Kier alpha value is -1.61. The summed E-state index contributed by atoms with van der Waals surface area (Å²) < 4.78 is 61.8. The summed E-state index contributed by atoms with van der Waals surface area (Å²) >= 11 is 0. The largest absolute Gasteiger partial charge is 0.480 e. The van der Waals surface area contributed by atoms with E-state index >= 15 is 0 Å². The van der Waals surface area contributed by atoms with Crippen LogP contribution >= 0.6 is 0 Å². The number of rotatable bonds is 6. The number of nitrogens with zero attached hydrogens (tertiary/aromatic N) is 1. The Morgan fingerprint density at radius 2 is 1.81 bits per heavy atom. The average Bonchev–Trinajstić information content (AvgIpc) is 2.36. The van der Waals surface area contributed by atoms with Gasteiger partial charge in [0.25, 0.3) is 0 Å². The Balaban J connectivity index is 3.11. The lowest BCUT2D eigenvalue weighted by Crippen LogP contribution is -2.45. The normalized spacial score (nSPS) is 14.1. The zero-order valence-corrected chi connectivity index (χ0v) is 11.9. The smallest absolute Gasteiger partial charge is 0.402 e. The number of hydrogen-bond donors (Lipinski definition) is 1. The Morgan fingerprint density at radius 3 is 2.24 bits per heavy atom. The van der Waals surface area contributed by atoms with E-state index in [4.69, 9.17) is 5.11 Å². The molecule has 1 rings (SSSR count). The Morgan fingerprint density at radius 1 is 1.29 bits per heavy atom. The highest BCUT2D eigenvalue weighted by Crippen LogP contribution is 2.22. The predicted octanol–water partition coefficient (Wildman–Crippen LogP) is 1.85. The number of benzene rings is 1. The second kappa shape index (κ2) is 6.44. The number of hydrogen-bond acceptors (Lipinski definition) is 3. The summed E-state index contributed by atoms with van der Waals surface area (Å²) in [5.74, 6) is -1.70. The van der Waals surface area contributed by atoms with Crippen LogP contribution in [0.1, 0.15) is 12.5 Å². The van der Waals surface area contributed by atoms with Gasteiger partial charge in [-0.1, -0.05) is 30.3 Å². The summed E-state index contributed by atoms with van der Waals surface area (Å²) in [6.45, 7) is -1.44. The van der Waals surface area contributed by atoms with Gasteiger partial charge in [0.05, 0.1) is 0 Å². The minimum Gasteiger partial charge on any atom is -0.480 e. The molecule has 0 bridgehead atoms. The van der Waals surface area contributed by atoms with E-state index in [9.17, 15) is 26.4 Å². The lowest BCUT2D eigenvalue weighted by Gasteiger charge is -2.25. The second-order valence-corrected chi connectivity index (χ2v) is 6.65. The third-order valence-electron chi connectivity index (χ3n) is 2.71. The van der Waals surface area contributed by atoms with Crippen LogP contribution in [0.4, 0.5) is 13.2 Å². The number of carbonyl (C=O) groups is 1. The first kappa shape index (κ1) is 17.4. The fraction of sp³-hybridized carbons (Fsp3) is 0.417. The van der Waals surface area contributed by atoms with Gasteiger partial charge in [-0.15, -0.1) is 0 Å². The van der Waals surface area contributed by atoms with Gasteiger partial charge in [0.2, 0.25) is 10.0 Å². The maximum absolute atomic E-state index is 12.5. The van der Waals surface area contributed by atoms with Gasteiger partial charge in [0, 0.05) is 6.54 Å². The highest BCUT2D eigenvalue weighted by Gasteiger charge is 2.40. The van der Waals surface area contributed by atoms with Crippen molar-refractivity contribution in [2.45, 2.75) is 24.9 Å². The number of sulfonamides is 1. The van der Waals surface area contributed by atoms with Gasteiger partial charge >= 0.3 is 12.1 Å². The zero-order chi connectivity index (χ0) is 16.3. The summed E-state index contributed by atoms with van der Waals surface area (Å²) in [7, 11) is -4.62. The summed E-state index contributed by atoms with van der Waals surface area (Å²) in [6.07, 6.45) is -4.76. The molecule has 0 aliphatic carbocycles. The lowest BCUT2D eigenvalue weighted by molar-refractivity contribution is -0.139. The van der Waals surface area contributed by atoms with Crippen LogP contribution in [0, 0.1) is 0 Å². The van der Waals surface area contributed by atoms with E-state index in [1.165, 1.54) is 12.1 Å². The third-order valence-corrected chi connectivity index (χ3v) is 4.79. The number of halogens is 3. The van der Waals surface area contributed by atoms with Crippen LogP contribution in [0.25, 0.3) is 0 Å². The summed E-state index contributed by atoms with van der Waals surface area (Å²) in [4.78, 5) is 10.8. The van der Waals surface area contributed by atoms with Crippen molar-refractivity contribution in [3.8, 4) is 0 Å². The average molecular weight is 325 g/mol. The summed E-state index contributed by atoms with van der Waals surface area (Å²) in [5.41, 5.74) is 0.336. The van der Waals surface area contributed by atoms with Crippen LogP contribution < -0.4 is 0 Å². The van der Waals surface area contributed by atoms with Crippen molar-refractivity contribution in [3.63, 3.8) is 0 Å². The van der Waals surface area contributed by atoms with Crippen LogP contribution in [0.3, 0.4) is 0 Å². The van der Waals surface area contributed by atoms with Crippen molar-refractivity contribution in [2.75, 3.05) is 6.54 Å². The number of alkyl halides is 3. The maximum atomic E-state index is 12.5. The standard InChI is InChI=1S/C12H14F3NO4S/c1-9(11(17)18)21(19,20)16(8-12(13,14)15)7-10-5-3-2-4-6-10/h2-6,9H,7-8H2,1H3,(H,17,18). The lowest BCUT2D eigenvalue weighted by atomic mass is 10.2. The molecule has 0 saturated heterocycles. The van der Waals surface area contributed by atoms with E-state index in [0.29, 0.717) is 5.56 Å². The van der Waals surface area contributed by atoms with Gasteiger partial charge in [0.1, 0.15) is 6.54 Å². The van der Waals surface area contributed by atoms with Crippen LogP contribution in [0.15, 0.2) is 30.3 Å². The number of aliphatic carboxylic acids is 1. The van der Waals surface area contributed by atoms with Crippen LogP contribution in [-0.2, 0) is 21.4 Å². The van der Waals surface area contributed by atoms with Crippen molar-refractivity contribution < 1.29 is 31.5 Å². The molecule has 1 N–H and O–H groups in total. The monoisotopic (exact) mass is 325 g/mol. The summed E-state index contributed by atoms with van der Waals surface area (Å²) in [5, 5.41) is 6.79. The molecule has 9 heteroatoms. The second-order valence-electron chi connectivity index (χ2n) is 4.39. The molecule has 0 amide bonds. The van der Waals surface area contributed by atoms with E-state index in [2.05, 4.69) is 0 Å². The van der Waals surface area contributed by atoms with Crippen LogP contribution in [0.5, 0.6) is 0 Å². The molecule has 5 nitrogen and oxygen atoms in total. The van der Waals surface area contributed by atoms with Crippen LogP contribution in [0.2, 0.25) is 0 Å². The fourth-order valence-corrected chi connectivity index (χ4v) is 2.93.